The van der Waals surface area contributed by atoms with Crippen LogP contribution in [0.15, 0.2) is 15.9 Å². The number of hydrogen-bond donors (Lipinski definition) is 1. The third-order valence-electron chi connectivity index (χ3n) is 4.90. The fourth-order valence-corrected chi connectivity index (χ4v) is 3.32. The molecule has 0 aliphatic carbocycles. The Bertz CT molecular complexity index is 847. The summed E-state index contributed by atoms with van der Waals surface area (Å²) in [4.78, 5) is 31.0. The lowest BCUT2D eigenvalue weighted by molar-refractivity contribution is 0.0374. The van der Waals surface area contributed by atoms with Crippen LogP contribution in [0.4, 0.5) is 0 Å². The van der Waals surface area contributed by atoms with Gasteiger partial charge in [-0.2, -0.15) is 0 Å². The SMILES string of the molecule is Cn1c(=O)c2c(ncn2CCCNCCCN2CCOCC2)n(C)c1=O. The maximum absolute atomic E-state index is 12.4. The van der Waals surface area contributed by atoms with Crippen molar-refractivity contribution in [2.24, 2.45) is 14.1 Å². The van der Waals surface area contributed by atoms with Crippen molar-refractivity contribution in [2.45, 2.75) is 19.4 Å². The van der Waals surface area contributed by atoms with E-state index < -0.39 is 0 Å². The van der Waals surface area contributed by atoms with E-state index in [0.29, 0.717) is 17.7 Å². The Morgan fingerprint density at radius 3 is 2.50 bits per heavy atom. The molecule has 0 aromatic carbocycles. The second-order valence-corrected chi connectivity index (χ2v) is 6.73. The second kappa shape index (κ2) is 8.61. The van der Waals surface area contributed by atoms with Crippen LogP contribution < -0.4 is 16.6 Å². The van der Waals surface area contributed by atoms with Gasteiger partial charge in [-0.1, -0.05) is 0 Å². The maximum atomic E-state index is 12.4. The molecule has 0 amide bonds. The normalized spacial score (nSPS) is 15.8. The molecule has 0 spiro atoms. The highest BCUT2D eigenvalue weighted by Gasteiger charge is 2.13. The van der Waals surface area contributed by atoms with E-state index in [4.69, 9.17) is 4.74 Å². The van der Waals surface area contributed by atoms with Crippen molar-refractivity contribution in [1.29, 1.82) is 0 Å². The minimum atomic E-state index is -0.352. The number of imidazole rings is 1. The first-order chi connectivity index (χ1) is 12.6. The van der Waals surface area contributed by atoms with Crippen molar-refractivity contribution in [3.05, 3.63) is 27.2 Å². The lowest BCUT2D eigenvalue weighted by Crippen LogP contribution is -2.38. The van der Waals surface area contributed by atoms with E-state index >= 15 is 0 Å². The van der Waals surface area contributed by atoms with Gasteiger partial charge in [0.1, 0.15) is 0 Å². The Morgan fingerprint density at radius 2 is 1.77 bits per heavy atom. The third-order valence-corrected chi connectivity index (χ3v) is 4.90. The van der Waals surface area contributed by atoms with Crippen LogP contribution in [0.1, 0.15) is 12.8 Å². The van der Waals surface area contributed by atoms with Crippen LogP contribution in [-0.4, -0.2) is 69.5 Å². The molecule has 0 bridgehead atoms. The molecule has 3 rings (SSSR count). The Balaban J connectivity index is 1.45. The standard InChI is InChI=1S/C17H28N6O3/c1-20-15-14(16(24)21(2)17(20)25)23(13-19-15)8-4-6-18-5-3-7-22-9-11-26-12-10-22/h13,18H,3-12H2,1-2H3. The second-order valence-electron chi connectivity index (χ2n) is 6.73. The summed E-state index contributed by atoms with van der Waals surface area (Å²) in [6, 6.07) is 0. The van der Waals surface area contributed by atoms with E-state index in [9.17, 15) is 9.59 Å². The highest BCUT2D eigenvalue weighted by molar-refractivity contribution is 5.69. The summed E-state index contributed by atoms with van der Waals surface area (Å²) >= 11 is 0. The molecule has 9 heteroatoms. The van der Waals surface area contributed by atoms with Gasteiger partial charge in [0.15, 0.2) is 11.2 Å². The summed E-state index contributed by atoms with van der Waals surface area (Å²) in [5.41, 5.74) is 0.284. The molecular formula is C17H28N6O3. The summed E-state index contributed by atoms with van der Waals surface area (Å²) in [5, 5.41) is 3.45. The predicted octanol–water partition coefficient (Wildman–Crippen LogP) is -0.864. The van der Waals surface area contributed by atoms with E-state index in [2.05, 4.69) is 15.2 Å². The minimum Gasteiger partial charge on any atom is -0.379 e. The molecular weight excluding hydrogens is 336 g/mol. The fraction of sp³-hybridized carbons (Fsp3) is 0.706. The van der Waals surface area contributed by atoms with Crippen molar-refractivity contribution in [3.8, 4) is 0 Å². The smallest absolute Gasteiger partial charge is 0.332 e. The van der Waals surface area contributed by atoms with Gasteiger partial charge in [-0.15, -0.1) is 0 Å². The average molecular weight is 364 g/mol. The minimum absolute atomic E-state index is 0.293. The van der Waals surface area contributed by atoms with Crippen LogP contribution in [0.3, 0.4) is 0 Å². The molecule has 1 aliphatic rings. The fourth-order valence-electron chi connectivity index (χ4n) is 3.32. The van der Waals surface area contributed by atoms with Gasteiger partial charge in [0, 0.05) is 33.7 Å². The predicted molar refractivity (Wildman–Crippen MR) is 99.6 cm³/mol. The molecule has 3 heterocycles. The lowest BCUT2D eigenvalue weighted by Gasteiger charge is -2.26. The third kappa shape index (κ3) is 4.05. The zero-order valence-corrected chi connectivity index (χ0v) is 15.6. The summed E-state index contributed by atoms with van der Waals surface area (Å²) < 4.78 is 9.73. The highest BCUT2D eigenvalue weighted by Crippen LogP contribution is 2.06. The average Bonchev–Trinajstić information content (AvgIpc) is 3.09. The first kappa shape index (κ1) is 18.8. The summed E-state index contributed by atoms with van der Waals surface area (Å²) in [5.74, 6) is 0. The zero-order chi connectivity index (χ0) is 18.5. The molecule has 0 unspecified atom stereocenters. The van der Waals surface area contributed by atoms with E-state index in [1.54, 1.807) is 13.4 Å². The number of aromatic nitrogens is 4. The van der Waals surface area contributed by atoms with Gasteiger partial charge >= 0.3 is 5.69 Å². The van der Waals surface area contributed by atoms with Crippen LogP contribution in [0.5, 0.6) is 0 Å². The number of nitrogens with zero attached hydrogens (tertiary/aromatic N) is 5. The summed E-state index contributed by atoms with van der Waals surface area (Å²) in [7, 11) is 3.13. The molecule has 0 saturated carbocycles. The van der Waals surface area contributed by atoms with E-state index in [-0.39, 0.29) is 11.2 Å². The molecule has 26 heavy (non-hydrogen) atoms. The van der Waals surface area contributed by atoms with E-state index in [0.717, 1.165) is 63.3 Å². The van der Waals surface area contributed by atoms with Crippen LogP contribution in [0, 0.1) is 0 Å². The van der Waals surface area contributed by atoms with Gasteiger partial charge in [-0.3, -0.25) is 18.8 Å². The molecule has 1 N–H and O–H groups in total. The topological polar surface area (TPSA) is 86.3 Å². The van der Waals surface area contributed by atoms with Crippen LogP contribution >= 0.6 is 0 Å². The maximum Gasteiger partial charge on any atom is 0.332 e. The first-order valence-electron chi connectivity index (χ1n) is 9.21. The number of aryl methyl sites for hydroxylation is 2. The van der Waals surface area contributed by atoms with Crippen molar-refractivity contribution in [1.82, 2.24) is 28.9 Å². The number of ether oxygens (including phenoxy) is 1. The molecule has 0 radical (unpaired) electrons. The zero-order valence-electron chi connectivity index (χ0n) is 15.6. The highest BCUT2D eigenvalue weighted by atomic mass is 16.5. The molecule has 1 saturated heterocycles. The van der Waals surface area contributed by atoms with Gasteiger partial charge in [0.05, 0.1) is 19.5 Å². The van der Waals surface area contributed by atoms with Crippen molar-refractivity contribution >= 4 is 11.2 Å². The van der Waals surface area contributed by atoms with Crippen LogP contribution in [-0.2, 0) is 25.4 Å². The Labute approximate surface area is 152 Å². The Morgan fingerprint density at radius 1 is 1.08 bits per heavy atom. The van der Waals surface area contributed by atoms with Gasteiger partial charge in [0.2, 0.25) is 0 Å². The van der Waals surface area contributed by atoms with E-state index in [1.807, 2.05) is 4.57 Å². The first-order valence-corrected chi connectivity index (χ1v) is 9.21. The quantitative estimate of drug-likeness (QED) is 0.613. The molecule has 9 nitrogen and oxygen atoms in total. The molecule has 1 fully saturated rings. The lowest BCUT2D eigenvalue weighted by atomic mass is 10.3. The number of morpholine rings is 1. The van der Waals surface area contributed by atoms with Crippen molar-refractivity contribution in [3.63, 3.8) is 0 Å². The van der Waals surface area contributed by atoms with Crippen molar-refractivity contribution < 1.29 is 4.74 Å². The Hall–Kier alpha value is -1.97. The monoisotopic (exact) mass is 364 g/mol. The van der Waals surface area contributed by atoms with Crippen LogP contribution in [0.2, 0.25) is 0 Å². The number of fused-ring (bicyclic) bond motifs is 1. The molecule has 2 aromatic rings. The van der Waals surface area contributed by atoms with Crippen LogP contribution in [0.25, 0.3) is 11.2 Å². The molecule has 144 valence electrons. The van der Waals surface area contributed by atoms with Gasteiger partial charge < -0.3 is 14.6 Å². The number of rotatable bonds is 8. The van der Waals surface area contributed by atoms with Crippen molar-refractivity contribution in [2.75, 3.05) is 45.9 Å². The van der Waals surface area contributed by atoms with Gasteiger partial charge in [-0.25, -0.2) is 9.78 Å². The molecule has 0 atom stereocenters. The largest absolute Gasteiger partial charge is 0.379 e. The van der Waals surface area contributed by atoms with E-state index in [1.165, 1.54) is 11.6 Å². The number of nitrogens with one attached hydrogen (secondary N) is 1. The van der Waals surface area contributed by atoms with Gasteiger partial charge in [0.25, 0.3) is 5.56 Å². The summed E-state index contributed by atoms with van der Waals surface area (Å²) in [6.07, 6.45) is 3.66. The van der Waals surface area contributed by atoms with Gasteiger partial charge in [-0.05, 0) is 32.5 Å². The Kier molecular flexibility index (Phi) is 6.23. The summed E-state index contributed by atoms with van der Waals surface area (Å²) in [6.45, 7) is 7.42. The molecule has 2 aromatic heterocycles. The number of hydrogen-bond acceptors (Lipinski definition) is 6. The molecule has 1 aliphatic heterocycles.